The third-order valence-corrected chi connectivity index (χ3v) is 4.11. The first-order chi connectivity index (χ1) is 8.88. The average Bonchev–Trinajstić information content (AvgIpc) is 3.11. The molecule has 0 saturated carbocycles. The third kappa shape index (κ3) is 1.34. The van der Waals surface area contributed by atoms with E-state index in [0.717, 1.165) is 16.0 Å². The highest BCUT2D eigenvalue weighted by Gasteiger charge is 2.39. The Hall–Kier alpha value is -2.00. The minimum absolute atomic E-state index is 0.0839. The molecule has 0 spiro atoms. The molecule has 0 fully saturated rings. The Labute approximate surface area is 109 Å². The second-order valence-corrected chi connectivity index (χ2v) is 5.27. The van der Waals surface area contributed by atoms with E-state index in [2.05, 4.69) is 53.5 Å². The van der Waals surface area contributed by atoms with Crippen LogP contribution in [0.4, 0.5) is 0 Å². The summed E-state index contributed by atoms with van der Waals surface area (Å²) in [5.41, 5.74) is 5.11. The predicted molar refractivity (Wildman–Crippen MR) is 73.8 cm³/mol. The van der Waals surface area contributed by atoms with Gasteiger partial charge in [-0.25, -0.2) is 9.97 Å². The molecule has 86 valence electrons. The fourth-order valence-corrected chi connectivity index (χ4v) is 2.95. The molecule has 3 heteroatoms. The first kappa shape index (κ1) is 9.97. The van der Waals surface area contributed by atoms with Crippen molar-refractivity contribution >= 4 is 21.7 Å². The number of hydrogen-bond donors (Lipinski definition) is 0. The molecule has 0 aliphatic heterocycles. The highest BCUT2D eigenvalue weighted by atomic mass is 32.1. The minimum atomic E-state index is -0.0839. The van der Waals surface area contributed by atoms with E-state index in [1.54, 1.807) is 11.3 Å². The molecule has 1 aliphatic carbocycles. The monoisotopic (exact) mass is 250 g/mol. The van der Waals surface area contributed by atoms with E-state index in [4.69, 9.17) is 4.98 Å². The van der Waals surface area contributed by atoms with E-state index >= 15 is 0 Å². The maximum absolute atomic E-state index is 4.74. The second kappa shape index (κ2) is 3.50. The molecular weight excluding hydrogens is 240 g/mol. The van der Waals surface area contributed by atoms with E-state index in [9.17, 15) is 0 Å². The van der Waals surface area contributed by atoms with E-state index in [0.29, 0.717) is 0 Å². The van der Waals surface area contributed by atoms with Crippen molar-refractivity contribution in [2.75, 3.05) is 0 Å². The largest absolute Gasteiger partial charge is 0.243 e. The molecule has 0 N–H and O–H groups in total. The number of hydrogen-bond acceptors (Lipinski definition) is 3. The van der Waals surface area contributed by atoms with Gasteiger partial charge in [0.15, 0.2) is 0 Å². The number of fused-ring (bicyclic) bond motifs is 1. The quantitative estimate of drug-likeness (QED) is 0.650. The minimum Gasteiger partial charge on any atom is -0.243 e. The average molecular weight is 250 g/mol. The molecule has 3 aromatic rings. The normalized spacial score (nSPS) is 16.0. The Morgan fingerprint density at radius 1 is 0.944 bits per heavy atom. The van der Waals surface area contributed by atoms with Gasteiger partial charge in [0.25, 0.3) is 0 Å². The van der Waals surface area contributed by atoms with Gasteiger partial charge in [-0.2, -0.15) is 0 Å². The zero-order valence-electron chi connectivity index (χ0n) is 9.58. The molecule has 0 radical (unpaired) electrons. The van der Waals surface area contributed by atoms with Gasteiger partial charge < -0.3 is 0 Å². The van der Waals surface area contributed by atoms with Crippen molar-refractivity contribution in [1.29, 1.82) is 0 Å². The van der Waals surface area contributed by atoms with Gasteiger partial charge in [-0.15, -0.1) is 11.3 Å². The van der Waals surface area contributed by atoms with Crippen LogP contribution in [0.1, 0.15) is 11.3 Å². The van der Waals surface area contributed by atoms with Crippen molar-refractivity contribution in [3.8, 4) is 0 Å². The van der Waals surface area contributed by atoms with Gasteiger partial charge in [-0.3, -0.25) is 0 Å². The molecule has 0 saturated heterocycles. The van der Waals surface area contributed by atoms with Crippen LogP contribution in [0.5, 0.6) is 0 Å². The van der Waals surface area contributed by atoms with Gasteiger partial charge in [0.2, 0.25) is 0 Å². The van der Waals surface area contributed by atoms with E-state index in [1.807, 2.05) is 11.6 Å². The summed E-state index contributed by atoms with van der Waals surface area (Å²) in [6.45, 7) is 0. The predicted octanol–water partition coefficient (Wildman–Crippen LogP) is 3.55. The maximum atomic E-state index is 4.74. The summed E-state index contributed by atoms with van der Waals surface area (Å²) in [6, 6.07) is 14.6. The standard InChI is InChI=1S/C15H10N2S/c1-2-4-11(5-3-1)15(8-9-15)13-7-6-12-14(17-13)18-10-16-12/h1-10H. The fourth-order valence-electron chi connectivity index (χ4n) is 2.29. The van der Waals surface area contributed by atoms with Gasteiger partial charge in [0.05, 0.1) is 22.1 Å². The summed E-state index contributed by atoms with van der Waals surface area (Å²) in [6.07, 6.45) is 4.41. The summed E-state index contributed by atoms with van der Waals surface area (Å²) in [5, 5.41) is 0. The number of benzene rings is 1. The molecular formula is C15H10N2S. The van der Waals surface area contributed by atoms with Crippen molar-refractivity contribution in [3.63, 3.8) is 0 Å². The topological polar surface area (TPSA) is 25.8 Å². The van der Waals surface area contributed by atoms with Gasteiger partial charge in [-0.1, -0.05) is 42.5 Å². The zero-order chi connectivity index (χ0) is 12.0. The molecule has 2 nitrogen and oxygen atoms in total. The number of nitrogens with zero attached hydrogens (tertiary/aromatic N) is 2. The van der Waals surface area contributed by atoms with Gasteiger partial charge >= 0.3 is 0 Å². The summed E-state index contributed by atoms with van der Waals surface area (Å²) in [4.78, 5) is 10.0. The lowest BCUT2D eigenvalue weighted by Crippen LogP contribution is -2.12. The molecule has 4 rings (SSSR count). The van der Waals surface area contributed by atoms with Crippen molar-refractivity contribution in [3.05, 3.63) is 71.4 Å². The van der Waals surface area contributed by atoms with Crippen LogP contribution in [0.25, 0.3) is 10.3 Å². The fraction of sp³-hybridized carbons (Fsp3) is 0.0667. The molecule has 2 heterocycles. The Morgan fingerprint density at radius 2 is 1.78 bits per heavy atom. The molecule has 2 aromatic heterocycles. The molecule has 18 heavy (non-hydrogen) atoms. The number of pyridine rings is 1. The smallest absolute Gasteiger partial charge is 0.143 e. The molecule has 0 unspecified atom stereocenters. The van der Waals surface area contributed by atoms with Crippen molar-refractivity contribution < 1.29 is 0 Å². The zero-order valence-corrected chi connectivity index (χ0v) is 10.4. The first-order valence-corrected chi connectivity index (χ1v) is 6.73. The van der Waals surface area contributed by atoms with Gasteiger partial charge in [0, 0.05) is 0 Å². The highest BCUT2D eigenvalue weighted by molar-refractivity contribution is 7.16. The first-order valence-electron chi connectivity index (χ1n) is 5.85. The lowest BCUT2D eigenvalue weighted by molar-refractivity contribution is 0.887. The van der Waals surface area contributed by atoms with E-state index < -0.39 is 0 Å². The number of aromatic nitrogens is 2. The Bertz CT molecular complexity index is 737. The van der Waals surface area contributed by atoms with Gasteiger partial charge in [-0.05, 0) is 17.7 Å². The van der Waals surface area contributed by atoms with Crippen LogP contribution in [0.15, 0.2) is 60.1 Å². The van der Waals surface area contributed by atoms with Crippen molar-refractivity contribution in [2.45, 2.75) is 5.41 Å². The number of allylic oxidation sites excluding steroid dienone is 2. The van der Waals surface area contributed by atoms with Crippen molar-refractivity contribution in [1.82, 2.24) is 9.97 Å². The SMILES string of the molecule is C1=CC1(c1ccccc1)c1ccc2ncsc2n1. The summed E-state index contributed by atoms with van der Waals surface area (Å²) in [7, 11) is 0. The molecule has 0 atom stereocenters. The molecule has 0 amide bonds. The number of thiazole rings is 1. The van der Waals surface area contributed by atoms with Crippen molar-refractivity contribution in [2.24, 2.45) is 0 Å². The molecule has 1 aliphatic rings. The second-order valence-electron chi connectivity index (χ2n) is 4.44. The Kier molecular flexibility index (Phi) is 1.94. The Balaban J connectivity index is 1.87. The summed E-state index contributed by atoms with van der Waals surface area (Å²) >= 11 is 1.59. The van der Waals surface area contributed by atoms with Crippen LogP contribution in [0, 0.1) is 0 Å². The Morgan fingerprint density at radius 3 is 2.56 bits per heavy atom. The molecule has 0 bridgehead atoms. The number of rotatable bonds is 2. The van der Waals surface area contributed by atoms with Crippen LogP contribution in [-0.2, 0) is 5.41 Å². The van der Waals surface area contributed by atoms with Crippen LogP contribution in [0.3, 0.4) is 0 Å². The third-order valence-electron chi connectivity index (χ3n) is 3.37. The molecule has 1 aromatic carbocycles. The van der Waals surface area contributed by atoms with E-state index in [1.165, 1.54) is 5.56 Å². The van der Waals surface area contributed by atoms with Crippen LogP contribution in [-0.4, -0.2) is 9.97 Å². The summed E-state index contributed by atoms with van der Waals surface area (Å²) in [5.74, 6) is 0. The van der Waals surface area contributed by atoms with Crippen LogP contribution in [0.2, 0.25) is 0 Å². The lowest BCUT2D eigenvalue weighted by atomic mass is 9.89. The van der Waals surface area contributed by atoms with E-state index in [-0.39, 0.29) is 5.41 Å². The lowest BCUT2D eigenvalue weighted by Gasteiger charge is -2.15. The maximum Gasteiger partial charge on any atom is 0.143 e. The van der Waals surface area contributed by atoms with Gasteiger partial charge in [0.1, 0.15) is 4.83 Å². The van der Waals surface area contributed by atoms with Crippen LogP contribution < -0.4 is 0 Å². The highest BCUT2D eigenvalue weighted by Crippen LogP contribution is 2.44. The van der Waals surface area contributed by atoms with Crippen LogP contribution >= 0.6 is 11.3 Å². The summed E-state index contributed by atoms with van der Waals surface area (Å²) < 4.78 is 0.